The number of likely N-dealkylation sites (tertiary alicyclic amines) is 1. The Labute approximate surface area is 122 Å². The van der Waals surface area contributed by atoms with Crippen LogP contribution in [-0.2, 0) is 17.9 Å². The van der Waals surface area contributed by atoms with Gasteiger partial charge in [-0.1, -0.05) is 24.3 Å². The molecule has 2 atom stereocenters. The molecule has 2 unspecified atom stereocenters. The third-order valence-electron chi connectivity index (χ3n) is 4.77. The molecule has 2 aliphatic heterocycles. The minimum atomic E-state index is 0.715. The van der Waals surface area contributed by atoms with Crippen LogP contribution < -0.4 is 5.32 Å². The van der Waals surface area contributed by atoms with Crippen LogP contribution in [0.25, 0.3) is 0 Å². The summed E-state index contributed by atoms with van der Waals surface area (Å²) in [7, 11) is 1.78. The Bertz CT molecular complexity index is 429. The molecule has 1 aromatic rings. The molecule has 0 radical (unpaired) electrons. The molecule has 0 spiro atoms. The molecule has 1 N–H and O–H groups in total. The van der Waals surface area contributed by atoms with Crippen molar-refractivity contribution < 1.29 is 4.74 Å². The predicted molar refractivity (Wildman–Crippen MR) is 81.6 cm³/mol. The monoisotopic (exact) mass is 274 g/mol. The van der Waals surface area contributed by atoms with E-state index < -0.39 is 0 Å². The Kier molecular flexibility index (Phi) is 4.71. The summed E-state index contributed by atoms with van der Waals surface area (Å²) in [4.78, 5) is 2.68. The summed E-state index contributed by atoms with van der Waals surface area (Å²) in [5, 5.41) is 3.69. The van der Waals surface area contributed by atoms with Gasteiger partial charge in [-0.25, -0.2) is 0 Å². The van der Waals surface area contributed by atoms with Gasteiger partial charge in [-0.15, -0.1) is 0 Å². The first-order chi connectivity index (χ1) is 9.88. The van der Waals surface area contributed by atoms with E-state index in [1.165, 1.54) is 49.9 Å². The van der Waals surface area contributed by atoms with Crippen LogP contribution in [-0.4, -0.2) is 37.2 Å². The fraction of sp³-hybridized carbons (Fsp3) is 0.647. The number of hydrogen-bond acceptors (Lipinski definition) is 3. The van der Waals surface area contributed by atoms with E-state index in [1.807, 2.05) is 0 Å². The second kappa shape index (κ2) is 6.70. The zero-order valence-corrected chi connectivity index (χ0v) is 12.5. The van der Waals surface area contributed by atoms with Crippen LogP contribution in [0, 0.1) is 0 Å². The van der Waals surface area contributed by atoms with Gasteiger partial charge in [-0.2, -0.15) is 0 Å². The summed E-state index contributed by atoms with van der Waals surface area (Å²) in [6, 6.07) is 10.1. The van der Waals surface area contributed by atoms with Gasteiger partial charge in [0.15, 0.2) is 0 Å². The van der Waals surface area contributed by atoms with E-state index >= 15 is 0 Å². The van der Waals surface area contributed by atoms with Crippen molar-refractivity contribution in [3.8, 4) is 0 Å². The fourth-order valence-electron chi connectivity index (χ4n) is 3.77. The SMILES string of the molecule is COCc1ccccc1CN1CCCC1C1CCCN1. The highest BCUT2D eigenvalue weighted by atomic mass is 16.5. The summed E-state index contributed by atoms with van der Waals surface area (Å²) in [5.41, 5.74) is 2.76. The standard InChI is InChI=1S/C17H26N2O/c1-20-13-15-7-3-2-6-14(15)12-19-11-5-9-17(19)16-8-4-10-18-16/h2-3,6-7,16-18H,4-5,8-13H2,1H3. The minimum absolute atomic E-state index is 0.715. The molecule has 2 fully saturated rings. The van der Waals surface area contributed by atoms with E-state index in [9.17, 15) is 0 Å². The highest BCUT2D eigenvalue weighted by molar-refractivity contribution is 5.26. The molecule has 2 heterocycles. The van der Waals surface area contributed by atoms with Crippen LogP contribution in [0.15, 0.2) is 24.3 Å². The Morgan fingerprint density at radius 3 is 2.80 bits per heavy atom. The van der Waals surface area contributed by atoms with E-state index in [0.717, 1.165) is 19.2 Å². The zero-order valence-electron chi connectivity index (χ0n) is 12.5. The summed E-state index contributed by atoms with van der Waals surface area (Å²) in [6.45, 7) is 4.23. The molecule has 2 saturated heterocycles. The molecule has 0 bridgehead atoms. The molecule has 20 heavy (non-hydrogen) atoms. The molecule has 0 saturated carbocycles. The average Bonchev–Trinajstić information content (AvgIpc) is 3.11. The van der Waals surface area contributed by atoms with Crippen molar-refractivity contribution in [2.24, 2.45) is 0 Å². The largest absolute Gasteiger partial charge is 0.380 e. The van der Waals surface area contributed by atoms with Crippen molar-refractivity contribution in [2.75, 3.05) is 20.2 Å². The van der Waals surface area contributed by atoms with E-state index in [4.69, 9.17) is 4.74 Å². The van der Waals surface area contributed by atoms with Crippen LogP contribution in [0.1, 0.15) is 36.8 Å². The van der Waals surface area contributed by atoms with Gasteiger partial charge in [0.2, 0.25) is 0 Å². The maximum atomic E-state index is 5.33. The van der Waals surface area contributed by atoms with Crippen molar-refractivity contribution in [1.82, 2.24) is 10.2 Å². The quantitative estimate of drug-likeness (QED) is 0.893. The highest BCUT2D eigenvalue weighted by Crippen LogP contribution is 2.27. The number of hydrogen-bond donors (Lipinski definition) is 1. The van der Waals surface area contributed by atoms with Crippen molar-refractivity contribution in [3.63, 3.8) is 0 Å². The Morgan fingerprint density at radius 2 is 2.05 bits per heavy atom. The van der Waals surface area contributed by atoms with Crippen molar-refractivity contribution in [2.45, 2.75) is 50.9 Å². The predicted octanol–water partition coefficient (Wildman–Crippen LogP) is 2.55. The summed E-state index contributed by atoms with van der Waals surface area (Å²) < 4.78 is 5.33. The Hall–Kier alpha value is -0.900. The molecule has 1 aromatic carbocycles. The van der Waals surface area contributed by atoms with Gasteiger partial charge in [0.25, 0.3) is 0 Å². The molecular formula is C17H26N2O. The molecule has 3 rings (SSSR count). The van der Waals surface area contributed by atoms with Gasteiger partial charge in [0.1, 0.15) is 0 Å². The number of rotatable bonds is 5. The van der Waals surface area contributed by atoms with Crippen molar-refractivity contribution in [1.29, 1.82) is 0 Å². The van der Waals surface area contributed by atoms with Crippen molar-refractivity contribution in [3.05, 3.63) is 35.4 Å². The fourth-order valence-corrected chi connectivity index (χ4v) is 3.77. The first-order valence-electron chi connectivity index (χ1n) is 7.91. The second-order valence-electron chi connectivity index (χ2n) is 6.08. The molecule has 110 valence electrons. The third-order valence-corrected chi connectivity index (χ3v) is 4.77. The molecular weight excluding hydrogens is 248 g/mol. The number of nitrogens with zero attached hydrogens (tertiary/aromatic N) is 1. The lowest BCUT2D eigenvalue weighted by Gasteiger charge is -2.30. The van der Waals surface area contributed by atoms with Gasteiger partial charge in [-0.05, 0) is 49.9 Å². The molecule has 2 aliphatic rings. The molecule has 0 aliphatic carbocycles. The number of methoxy groups -OCH3 is 1. The van der Waals surface area contributed by atoms with E-state index in [0.29, 0.717) is 6.04 Å². The van der Waals surface area contributed by atoms with E-state index in [1.54, 1.807) is 7.11 Å². The molecule has 0 aromatic heterocycles. The summed E-state index contributed by atoms with van der Waals surface area (Å²) >= 11 is 0. The third kappa shape index (κ3) is 3.05. The first-order valence-corrected chi connectivity index (χ1v) is 7.91. The lowest BCUT2D eigenvalue weighted by Crippen LogP contribution is -2.43. The van der Waals surface area contributed by atoms with Crippen LogP contribution in [0.4, 0.5) is 0 Å². The van der Waals surface area contributed by atoms with E-state index in [-0.39, 0.29) is 0 Å². The van der Waals surface area contributed by atoms with Gasteiger partial charge >= 0.3 is 0 Å². The molecule has 0 amide bonds. The zero-order chi connectivity index (χ0) is 13.8. The Morgan fingerprint density at radius 1 is 1.20 bits per heavy atom. The Balaban J connectivity index is 1.69. The lowest BCUT2D eigenvalue weighted by molar-refractivity contribution is 0.178. The van der Waals surface area contributed by atoms with Crippen LogP contribution >= 0.6 is 0 Å². The minimum Gasteiger partial charge on any atom is -0.380 e. The second-order valence-corrected chi connectivity index (χ2v) is 6.08. The van der Waals surface area contributed by atoms with Gasteiger partial charge in [0.05, 0.1) is 6.61 Å². The normalized spacial score (nSPS) is 27.2. The van der Waals surface area contributed by atoms with E-state index in [2.05, 4.69) is 34.5 Å². The maximum absolute atomic E-state index is 5.33. The number of benzene rings is 1. The van der Waals surface area contributed by atoms with Gasteiger partial charge in [-0.3, -0.25) is 4.90 Å². The van der Waals surface area contributed by atoms with Crippen LogP contribution in [0.5, 0.6) is 0 Å². The lowest BCUT2D eigenvalue weighted by atomic mass is 10.0. The average molecular weight is 274 g/mol. The number of ether oxygens (including phenoxy) is 1. The van der Waals surface area contributed by atoms with Crippen molar-refractivity contribution >= 4 is 0 Å². The highest BCUT2D eigenvalue weighted by Gasteiger charge is 2.33. The molecule has 3 heteroatoms. The number of nitrogens with one attached hydrogen (secondary N) is 1. The molecule has 3 nitrogen and oxygen atoms in total. The topological polar surface area (TPSA) is 24.5 Å². The van der Waals surface area contributed by atoms with Crippen LogP contribution in [0.2, 0.25) is 0 Å². The smallest absolute Gasteiger partial charge is 0.0716 e. The maximum Gasteiger partial charge on any atom is 0.0716 e. The summed E-state index contributed by atoms with van der Waals surface area (Å²) in [6.07, 6.45) is 5.38. The van der Waals surface area contributed by atoms with Gasteiger partial charge < -0.3 is 10.1 Å². The van der Waals surface area contributed by atoms with Crippen LogP contribution in [0.3, 0.4) is 0 Å². The first kappa shape index (κ1) is 14.1. The summed E-state index contributed by atoms with van der Waals surface area (Å²) in [5.74, 6) is 0. The van der Waals surface area contributed by atoms with Gasteiger partial charge in [0, 0.05) is 25.7 Å².